The number of carbonyl (C=O) groups excluding carboxylic acids is 1. The van der Waals surface area contributed by atoms with Gasteiger partial charge in [0, 0.05) is 36.0 Å². The Morgan fingerprint density at radius 1 is 1.59 bits per heavy atom. The Balaban J connectivity index is 1.81. The van der Waals surface area contributed by atoms with E-state index in [0.29, 0.717) is 25.3 Å². The third-order valence-electron chi connectivity index (χ3n) is 3.63. The molecule has 0 saturated carbocycles. The van der Waals surface area contributed by atoms with E-state index in [-0.39, 0.29) is 18.4 Å². The molecule has 1 unspecified atom stereocenters. The van der Waals surface area contributed by atoms with Gasteiger partial charge in [-0.2, -0.15) is 0 Å². The molecule has 0 aliphatic carbocycles. The van der Waals surface area contributed by atoms with Gasteiger partial charge < -0.3 is 15.0 Å². The maximum Gasteiger partial charge on any atom is 0.224 e. The van der Waals surface area contributed by atoms with E-state index in [1.807, 2.05) is 31.0 Å². The van der Waals surface area contributed by atoms with Crippen molar-refractivity contribution in [3.63, 3.8) is 0 Å². The molecule has 1 atom stereocenters. The number of halogens is 1. The summed E-state index contributed by atoms with van der Waals surface area (Å²) in [6, 6.07) is -0.261. The van der Waals surface area contributed by atoms with Crippen molar-refractivity contribution >= 4 is 11.6 Å². The highest BCUT2D eigenvalue weighted by Gasteiger charge is 2.20. The molecule has 1 N–H and O–H groups in total. The van der Waals surface area contributed by atoms with E-state index in [2.05, 4.69) is 10.3 Å². The SMILES string of the molecule is CC1=CC(C)=NCN1/C=C\CC(=O)NC1CCOC=C1CF. The number of alkyl halides is 1. The highest BCUT2D eigenvalue weighted by atomic mass is 19.1. The molecule has 5 nitrogen and oxygen atoms in total. The van der Waals surface area contributed by atoms with Crippen molar-refractivity contribution in [2.75, 3.05) is 20.0 Å². The first-order chi connectivity index (χ1) is 10.6. The average Bonchev–Trinajstić information content (AvgIpc) is 2.50. The van der Waals surface area contributed by atoms with Crippen molar-refractivity contribution in [1.29, 1.82) is 0 Å². The molecule has 0 fully saturated rings. The van der Waals surface area contributed by atoms with E-state index in [0.717, 1.165) is 11.4 Å². The zero-order valence-corrected chi connectivity index (χ0v) is 13.0. The van der Waals surface area contributed by atoms with Gasteiger partial charge in [0.1, 0.15) is 13.3 Å². The lowest BCUT2D eigenvalue weighted by Crippen LogP contribution is -2.39. The molecule has 2 aliphatic rings. The first kappa shape index (κ1) is 16.3. The van der Waals surface area contributed by atoms with Crippen molar-refractivity contribution in [2.24, 2.45) is 4.99 Å². The van der Waals surface area contributed by atoms with Gasteiger partial charge in [0.15, 0.2) is 0 Å². The summed E-state index contributed by atoms with van der Waals surface area (Å²) in [4.78, 5) is 18.2. The third kappa shape index (κ3) is 4.44. The monoisotopic (exact) mass is 307 g/mol. The molecule has 0 aromatic rings. The van der Waals surface area contributed by atoms with Crippen LogP contribution in [0.15, 0.2) is 40.9 Å². The number of allylic oxidation sites excluding steroid dienone is 2. The van der Waals surface area contributed by atoms with Crippen LogP contribution in [-0.4, -0.2) is 42.5 Å². The summed E-state index contributed by atoms with van der Waals surface area (Å²) < 4.78 is 17.9. The zero-order chi connectivity index (χ0) is 15.9. The number of hydrogen-bond acceptors (Lipinski definition) is 4. The number of hydrogen-bond donors (Lipinski definition) is 1. The van der Waals surface area contributed by atoms with Crippen LogP contribution >= 0.6 is 0 Å². The Hall–Kier alpha value is -2.11. The van der Waals surface area contributed by atoms with Gasteiger partial charge in [0.05, 0.1) is 18.9 Å². The maximum absolute atomic E-state index is 12.8. The highest BCUT2D eigenvalue weighted by Crippen LogP contribution is 2.14. The molecule has 1 amide bonds. The molecule has 120 valence electrons. The van der Waals surface area contributed by atoms with Crippen LogP contribution in [-0.2, 0) is 9.53 Å². The molecule has 2 aliphatic heterocycles. The molecule has 2 rings (SSSR count). The normalized spacial score (nSPS) is 21.9. The average molecular weight is 307 g/mol. The smallest absolute Gasteiger partial charge is 0.224 e. The highest BCUT2D eigenvalue weighted by molar-refractivity contribution is 5.93. The lowest BCUT2D eigenvalue weighted by Gasteiger charge is -2.24. The van der Waals surface area contributed by atoms with Gasteiger partial charge in [-0.25, -0.2) is 4.39 Å². The van der Waals surface area contributed by atoms with Crippen LogP contribution in [0.1, 0.15) is 26.7 Å². The summed E-state index contributed by atoms with van der Waals surface area (Å²) in [5, 5.41) is 2.84. The Bertz CT molecular complexity index is 538. The van der Waals surface area contributed by atoms with E-state index < -0.39 is 6.67 Å². The van der Waals surface area contributed by atoms with Crippen LogP contribution < -0.4 is 5.32 Å². The van der Waals surface area contributed by atoms with Gasteiger partial charge in [0.25, 0.3) is 0 Å². The summed E-state index contributed by atoms with van der Waals surface area (Å²) in [5.41, 5.74) is 2.59. The van der Waals surface area contributed by atoms with Crippen LogP contribution in [0.2, 0.25) is 0 Å². The van der Waals surface area contributed by atoms with Gasteiger partial charge in [-0.15, -0.1) is 0 Å². The second kappa shape index (κ2) is 7.77. The van der Waals surface area contributed by atoms with Crippen LogP contribution in [0.5, 0.6) is 0 Å². The Labute approximate surface area is 130 Å². The predicted octanol–water partition coefficient (Wildman–Crippen LogP) is 2.29. The molecule has 22 heavy (non-hydrogen) atoms. The number of nitrogens with zero attached hydrogens (tertiary/aromatic N) is 2. The number of aliphatic imine (C=N–C) groups is 1. The van der Waals surface area contributed by atoms with Crippen LogP contribution in [0.4, 0.5) is 4.39 Å². The fraction of sp³-hybridized carbons (Fsp3) is 0.500. The van der Waals surface area contributed by atoms with E-state index in [1.165, 1.54) is 6.26 Å². The first-order valence-corrected chi connectivity index (χ1v) is 7.38. The van der Waals surface area contributed by atoms with E-state index >= 15 is 0 Å². The third-order valence-corrected chi connectivity index (χ3v) is 3.63. The molecule has 0 radical (unpaired) electrons. The Kier molecular flexibility index (Phi) is 5.75. The van der Waals surface area contributed by atoms with Crippen molar-refractivity contribution in [3.8, 4) is 0 Å². The van der Waals surface area contributed by atoms with E-state index in [1.54, 1.807) is 6.08 Å². The second-order valence-corrected chi connectivity index (χ2v) is 5.39. The summed E-state index contributed by atoms with van der Waals surface area (Å²) in [6.07, 6.45) is 7.91. The van der Waals surface area contributed by atoms with Crippen molar-refractivity contribution in [2.45, 2.75) is 32.7 Å². The number of nitrogens with one attached hydrogen (secondary N) is 1. The fourth-order valence-electron chi connectivity index (χ4n) is 2.34. The summed E-state index contributed by atoms with van der Waals surface area (Å²) >= 11 is 0. The van der Waals surface area contributed by atoms with Crippen molar-refractivity contribution < 1.29 is 13.9 Å². The van der Waals surface area contributed by atoms with Crippen LogP contribution in [0.3, 0.4) is 0 Å². The van der Waals surface area contributed by atoms with Gasteiger partial charge in [-0.05, 0) is 19.9 Å². The molecule has 0 aromatic heterocycles. The first-order valence-electron chi connectivity index (χ1n) is 7.38. The van der Waals surface area contributed by atoms with Gasteiger partial charge in [-0.3, -0.25) is 9.79 Å². The number of amides is 1. The van der Waals surface area contributed by atoms with Crippen molar-refractivity contribution in [1.82, 2.24) is 10.2 Å². The van der Waals surface area contributed by atoms with Crippen LogP contribution in [0, 0.1) is 0 Å². The van der Waals surface area contributed by atoms with Crippen molar-refractivity contribution in [3.05, 3.63) is 35.9 Å². The molecule has 0 spiro atoms. The molecular formula is C16H22FN3O2. The standard InChI is InChI=1S/C16H22FN3O2/c1-12-8-13(2)20(11-18-12)6-3-4-16(21)19-15-5-7-22-10-14(15)9-17/h3,6,8,10,15H,4-5,7,9,11H2,1-2H3,(H,19,21)/b6-3-. The Morgan fingerprint density at radius 2 is 2.41 bits per heavy atom. The molecule has 6 heteroatoms. The summed E-state index contributed by atoms with van der Waals surface area (Å²) in [5.74, 6) is -0.124. The lowest BCUT2D eigenvalue weighted by atomic mass is 10.0. The van der Waals surface area contributed by atoms with Crippen LogP contribution in [0.25, 0.3) is 0 Å². The molecule has 0 saturated heterocycles. The molecule has 0 aromatic carbocycles. The number of rotatable bonds is 5. The second-order valence-electron chi connectivity index (χ2n) is 5.39. The summed E-state index contributed by atoms with van der Waals surface area (Å²) in [7, 11) is 0. The molecule has 0 bridgehead atoms. The minimum Gasteiger partial charge on any atom is -0.501 e. The quantitative estimate of drug-likeness (QED) is 0.848. The predicted molar refractivity (Wildman–Crippen MR) is 83.9 cm³/mol. The Morgan fingerprint density at radius 3 is 3.14 bits per heavy atom. The largest absolute Gasteiger partial charge is 0.501 e. The lowest BCUT2D eigenvalue weighted by molar-refractivity contribution is -0.120. The minimum absolute atomic E-state index is 0.124. The number of carbonyl (C=O) groups is 1. The minimum atomic E-state index is -0.601. The number of ether oxygens (including phenoxy) is 1. The van der Waals surface area contributed by atoms with E-state index in [4.69, 9.17) is 4.74 Å². The van der Waals surface area contributed by atoms with E-state index in [9.17, 15) is 9.18 Å². The maximum atomic E-state index is 12.8. The fourth-order valence-corrected chi connectivity index (χ4v) is 2.34. The molecular weight excluding hydrogens is 285 g/mol. The zero-order valence-electron chi connectivity index (χ0n) is 13.0. The summed E-state index contributed by atoms with van der Waals surface area (Å²) in [6.45, 7) is 4.43. The topological polar surface area (TPSA) is 53.9 Å². The van der Waals surface area contributed by atoms with Gasteiger partial charge in [0.2, 0.25) is 5.91 Å². The molecule has 2 heterocycles. The van der Waals surface area contributed by atoms with Gasteiger partial charge >= 0.3 is 0 Å². The van der Waals surface area contributed by atoms with Gasteiger partial charge in [-0.1, -0.05) is 6.08 Å².